The first-order chi connectivity index (χ1) is 17.8. The Bertz CT molecular complexity index is 1270. The predicted octanol–water partition coefficient (Wildman–Crippen LogP) is 3.20. The summed E-state index contributed by atoms with van der Waals surface area (Å²) in [5, 5.41) is 10.2. The number of hydrogen-bond acceptors (Lipinski definition) is 9. The van der Waals surface area contributed by atoms with E-state index in [1.54, 1.807) is 36.4 Å². The van der Waals surface area contributed by atoms with Crippen LogP contribution in [-0.4, -0.2) is 51.5 Å². The number of hydrogen-bond donors (Lipinski definition) is 1. The van der Waals surface area contributed by atoms with E-state index in [0.717, 1.165) is 18.8 Å². The summed E-state index contributed by atoms with van der Waals surface area (Å²) in [6.45, 7) is 5.55. The van der Waals surface area contributed by atoms with Gasteiger partial charge < -0.3 is 24.8 Å². The number of morpholine rings is 1. The van der Waals surface area contributed by atoms with Crippen LogP contribution in [0.25, 0.3) is 0 Å². The summed E-state index contributed by atoms with van der Waals surface area (Å²) in [5.74, 6) is -2.40. The van der Waals surface area contributed by atoms with Crippen molar-refractivity contribution in [3.05, 3.63) is 82.8 Å². The van der Waals surface area contributed by atoms with E-state index in [1.807, 2.05) is 32.0 Å². The molecule has 0 amide bonds. The van der Waals surface area contributed by atoms with Crippen LogP contribution < -0.4 is 15.5 Å². The Balaban J connectivity index is 1.87. The number of benzene rings is 2. The third-order valence-corrected chi connectivity index (χ3v) is 6.50. The Kier molecular flexibility index (Phi) is 7.50. The van der Waals surface area contributed by atoms with Gasteiger partial charge in [-0.1, -0.05) is 30.3 Å². The van der Waals surface area contributed by atoms with Gasteiger partial charge >= 0.3 is 11.9 Å². The summed E-state index contributed by atoms with van der Waals surface area (Å²) < 4.78 is 16.0. The van der Waals surface area contributed by atoms with Gasteiger partial charge in [-0.3, -0.25) is 4.90 Å². The topological polar surface area (TPSA) is 118 Å². The van der Waals surface area contributed by atoms with E-state index in [0.29, 0.717) is 11.3 Å². The average molecular weight is 503 g/mol. The molecular formula is C28H30N4O5. The molecule has 2 aromatic rings. The molecular weight excluding hydrogens is 472 g/mol. The van der Waals surface area contributed by atoms with Crippen molar-refractivity contribution in [2.75, 3.05) is 37.1 Å². The lowest BCUT2D eigenvalue weighted by Crippen LogP contribution is -2.45. The second-order valence-corrected chi connectivity index (χ2v) is 9.01. The van der Waals surface area contributed by atoms with E-state index < -0.39 is 17.9 Å². The molecule has 0 aromatic heterocycles. The highest BCUT2D eigenvalue weighted by molar-refractivity contribution is 6.06. The van der Waals surface area contributed by atoms with Crippen LogP contribution in [0.1, 0.15) is 25.3 Å². The summed E-state index contributed by atoms with van der Waals surface area (Å²) in [4.78, 5) is 29.9. The molecule has 192 valence electrons. The molecule has 2 aliphatic heterocycles. The van der Waals surface area contributed by atoms with Crippen LogP contribution in [0.5, 0.6) is 0 Å². The standard InChI is InChI=1S/C28H30N4O5/c1-17-15-31(16-18(2)37-17)20-10-12-21(13-11-20)32-25(28(34)36-4)24(27(33)35-3)23(22(14-29)26(32)30)19-8-6-5-7-9-19/h5-13,17-18,23H,15-16,30H2,1-4H3. The maximum atomic E-state index is 13.2. The number of nitrogens with zero attached hydrogens (tertiary/aromatic N) is 3. The lowest BCUT2D eigenvalue weighted by molar-refractivity contribution is -0.139. The molecule has 1 saturated heterocycles. The minimum absolute atomic E-state index is 0.0220. The van der Waals surface area contributed by atoms with Crippen molar-refractivity contribution in [1.82, 2.24) is 0 Å². The largest absolute Gasteiger partial charge is 0.466 e. The van der Waals surface area contributed by atoms with Crippen LogP contribution in [0.15, 0.2) is 77.3 Å². The molecule has 9 nitrogen and oxygen atoms in total. The summed E-state index contributed by atoms with van der Waals surface area (Å²) in [7, 11) is 2.45. The third kappa shape index (κ3) is 4.88. The number of carbonyl (C=O) groups is 2. The van der Waals surface area contributed by atoms with E-state index in [4.69, 9.17) is 19.9 Å². The van der Waals surface area contributed by atoms with Crippen LogP contribution in [-0.2, 0) is 23.8 Å². The Labute approximate surface area is 216 Å². The van der Waals surface area contributed by atoms with Gasteiger partial charge in [0.25, 0.3) is 0 Å². The fourth-order valence-corrected chi connectivity index (χ4v) is 4.98. The van der Waals surface area contributed by atoms with Crippen LogP contribution in [0.4, 0.5) is 11.4 Å². The SMILES string of the molecule is COC(=O)C1=C(C(=O)OC)N(c2ccc(N3CC(C)OC(C)C3)cc2)C(N)=C(C#N)C1c1ccccc1. The molecule has 1 fully saturated rings. The van der Waals surface area contributed by atoms with Crippen LogP contribution in [0.2, 0.25) is 0 Å². The zero-order valence-electron chi connectivity index (χ0n) is 21.3. The highest BCUT2D eigenvalue weighted by atomic mass is 16.5. The van der Waals surface area contributed by atoms with E-state index in [9.17, 15) is 14.9 Å². The number of nitriles is 1. The van der Waals surface area contributed by atoms with Gasteiger partial charge in [0.15, 0.2) is 0 Å². The number of methoxy groups -OCH3 is 2. The fourth-order valence-electron chi connectivity index (χ4n) is 4.98. The molecule has 4 rings (SSSR count). The molecule has 9 heteroatoms. The number of anilines is 2. The average Bonchev–Trinajstić information content (AvgIpc) is 2.91. The highest BCUT2D eigenvalue weighted by Crippen LogP contribution is 2.43. The van der Waals surface area contributed by atoms with Crippen molar-refractivity contribution in [1.29, 1.82) is 5.26 Å². The van der Waals surface area contributed by atoms with Crippen molar-refractivity contribution >= 4 is 23.3 Å². The molecule has 0 aliphatic carbocycles. The van der Waals surface area contributed by atoms with Crippen LogP contribution >= 0.6 is 0 Å². The first-order valence-electron chi connectivity index (χ1n) is 12.0. The molecule has 2 aliphatic rings. The first-order valence-corrected chi connectivity index (χ1v) is 12.0. The first kappa shape index (κ1) is 25.8. The Morgan fingerprint density at radius 1 is 0.946 bits per heavy atom. The summed E-state index contributed by atoms with van der Waals surface area (Å²) in [5.41, 5.74) is 8.66. The van der Waals surface area contributed by atoms with E-state index in [-0.39, 0.29) is 34.9 Å². The van der Waals surface area contributed by atoms with Crippen LogP contribution in [0.3, 0.4) is 0 Å². The smallest absolute Gasteiger partial charge is 0.355 e. The molecule has 0 saturated carbocycles. The minimum Gasteiger partial charge on any atom is -0.466 e. The normalized spacial score (nSPS) is 22.0. The molecule has 2 aromatic carbocycles. The van der Waals surface area contributed by atoms with Gasteiger partial charge in [0, 0.05) is 24.5 Å². The zero-order chi connectivity index (χ0) is 26.7. The number of ether oxygens (including phenoxy) is 3. The fraction of sp³-hybridized carbons (Fsp3) is 0.321. The second kappa shape index (κ2) is 10.8. The van der Waals surface area contributed by atoms with Crippen molar-refractivity contribution in [2.45, 2.75) is 32.0 Å². The predicted molar refractivity (Wildman–Crippen MR) is 138 cm³/mol. The van der Waals surface area contributed by atoms with Crippen molar-refractivity contribution < 1.29 is 23.8 Å². The molecule has 2 heterocycles. The Morgan fingerprint density at radius 2 is 1.51 bits per heavy atom. The number of esters is 2. The zero-order valence-corrected chi connectivity index (χ0v) is 21.3. The molecule has 0 radical (unpaired) electrons. The molecule has 3 unspecified atom stereocenters. The maximum absolute atomic E-state index is 13.2. The van der Waals surface area contributed by atoms with Crippen molar-refractivity contribution in [3.63, 3.8) is 0 Å². The van der Waals surface area contributed by atoms with Gasteiger partial charge in [0.05, 0.1) is 49.6 Å². The number of rotatable bonds is 5. The van der Waals surface area contributed by atoms with E-state index in [1.165, 1.54) is 19.1 Å². The lowest BCUT2D eigenvalue weighted by atomic mass is 9.81. The molecule has 0 bridgehead atoms. The number of nitrogens with two attached hydrogens (primary N) is 1. The van der Waals surface area contributed by atoms with Gasteiger partial charge in [-0.15, -0.1) is 0 Å². The van der Waals surface area contributed by atoms with Crippen molar-refractivity contribution in [3.8, 4) is 6.07 Å². The molecule has 37 heavy (non-hydrogen) atoms. The van der Waals surface area contributed by atoms with Crippen LogP contribution in [0, 0.1) is 11.3 Å². The Hall–Kier alpha value is -4.29. The van der Waals surface area contributed by atoms with E-state index in [2.05, 4.69) is 11.0 Å². The summed E-state index contributed by atoms with van der Waals surface area (Å²) in [6, 6.07) is 18.5. The lowest BCUT2D eigenvalue weighted by Gasteiger charge is -2.38. The quantitative estimate of drug-likeness (QED) is 0.615. The molecule has 3 atom stereocenters. The van der Waals surface area contributed by atoms with Gasteiger partial charge in [-0.25, -0.2) is 9.59 Å². The second-order valence-electron chi connectivity index (χ2n) is 9.01. The monoisotopic (exact) mass is 502 g/mol. The molecule has 0 spiro atoms. The summed E-state index contributed by atoms with van der Waals surface area (Å²) in [6.07, 6.45) is 0.183. The summed E-state index contributed by atoms with van der Waals surface area (Å²) >= 11 is 0. The third-order valence-electron chi connectivity index (χ3n) is 6.50. The van der Waals surface area contributed by atoms with E-state index >= 15 is 0 Å². The molecule has 2 N–H and O–H groups in total. The minimum atomic E-state index is -0.903. The van der Waals surface area contributed by atoms with Gasteiger partial charge in [0.1, 0.15) is 11.5 Å². The number of allylic oxidation sites excluding steroid dienone is 1. The number of carbonyl (C=O) groups excluding carboxylic acids is 2. The maximum Gasteiger partial charge on any atom is 0.355 e. The van der Waals surface area contributed by atoms with Gasteiger partial charge in [0.2, 0.25) is 0 Å². The highest BCUT2D eigenvalue weighted by Gasteiger charge is 2.43. The van der Waals surface area contributed by atoms with Gasteiger partial charge in [-0.2, -0.15) is 5.26 Å². The van der Waals surface area contributed by atoms with Crippen molar-refractivity contribution in [2.24, 2.45) is 5.73 Å². The Morgan fingerprint density at radius 3 is 2.05 bits per heavy atom. The van der Waals surface area contributed by atoms with Gasteiger partial charge in [-0.05, 0) is 43.7 Å².